The predicted octanol–water partition coefficient (Wildman–Crippen LogP) is 1.20. The second kappa shape index (κ2) is 68.6. The Morgan fingerprint density at radius 3 is 1.46 bits per heavy atom. The van der Waals surface area contributed by atoms with Crippen LogP contribution in [0.25, 0.3) is 0 Å². The molecule has 0 unspecified atom stereocenters. The molecule has 0 N–H and O–H groups in total. The van der Waals surface area contributed by atoms with Crippen LogP contribution in [0.4, 0.5) is 0 Å². The minimum Gasteiger partial charge on any atom is -0.358 e. The van der Waals surface area contributed by atoms with E-state index in [0.717, 1.165) is 6.42 Å². The molecule has 4 heteroatoms. The third kappa shape index (κ3) is 55.6. The maximum atomic E-state index is 8.00. The molecule has 0 fully saturated rings. The van der Waals surface area contributed by atoms with Gasteiger partial charge in [0.25, 0.3) is 0 Å². The Kier molecular flexibility index (Phi) is 156. The average molecular weight is 225 g/mol. The Morgan fingerprint density at radius 2 is 1.38 bits per heavy atom. The third-order valence-corrected chi connectivity index (χ3v) is 0.586. The predicted molar refractivity (Wildman–Crippen MR) is 49.3 cm³/mol. The number of carbonyl (C=O) groups is 3. The van der Waals surface area contributed by atoms with Crippen LogP contribution >= 0.6 is 0 Å². The van der Waals surface area contributed by atoms with Crippen LogP contribution in [0.15, 0.2) is 18.2 Å². The van der Waals surface area contributed by atoms with Crippen molar-refractivity contribution in [3.63, 3.8) is 0 Å². The van der Waals surface area contributed by atoms with Crippen LogP contribution in [0.1, 0.15) is 6.42 Å². The van der Waals surface area contributed by atoms with E-state index in [1.807, 2.05) is 32.5 Å². The van der Waals surface area contributed by atoms with Crippen LogP contribution in [-0.2, 0) is 31.5 Å². The fraction of sp³-hybridized carbons (Fsp3) is 0.111. The van der Waals surface area contributed by atoms with Gasteiger partial charge in [0, 0.05) is 0 Å². The number of hydrogen-bond acceptors (Lipinski definition) is 3. The molecule has 0 aromatic carbocycles. The van der Waals surface area contributed by atoms with E-state index in [1.54, 1.807) is 0 Å². The van der Waals surface area contributed by atoms with Crippen molar-refractivity contribution in [1.82, 2.24) is 0 Å². The van der Waals surface area contributed by atoms with Gasteiger partial charge in [0.05, 0.1) is 0 Å². The number of carbonyl (C=O) groups excluding carboxylic acids is 3. The van der Waals surface area contributed by atoms with Crippen LogP contribution in [0.5, 0.6) is 0 Å². The monoisotopic (exact) mass is 225 g/mol. The Balaban J connectivity index is -0.0000000239. The largest absolute Gasteiger partial charge is 2.00 e. The molecule has 0 bridgehead atoms. The zero-order valence-corrected chi connectivity index (χ0v) is 8.84. The fourth-order valence-electron chi connectivity index (χ4n) is 0.340. The van der Waals surface area contributed by atoms with Gasteiger partial charge in [-0.25, -0.2) is 12.2 Å². The molecule has 0 spiro atoms. The van der Waals surface area contributed by atoms with E-state index >= 15 is 0 Å². The van der Waals surface area contributed by atoms with Crippen molar-refractivity contribution in [2.45, 2.75) is 6.42 Å². The van der Waals surface area contributed by atoms with Crippen molar-refractivity contribution in [3.8, 4) is 0 Å². The molecule has 1 radical (unpaired) electrons. The molecule has 1 aliphatic carbocycles. The van der Waals surface area contributed by atoms with E-state index in [0.29, 0.717) is 0 Å². The van der Waals surface area contributed by atoms with Gasteiger partial charge in [-0.3, -0.25) is 6.08 Å². The van der Waals surface area contributed by atoms with Crippen molar-refractivity contribution >= 4 is 20.4 Å². The van der Waals surface area contributed by atoms with Crippen molar-refractivity contribution in [2.24, 2.45) is 0 Å². The van der Waals surface area contributed by atoms with Gasteiger partial charge >= 0.3 is 17.1 Å². The summed E-state index contributed by atoms with van der Waals surface area (Å²) in [6.45, 7) is 6.00. The third-order valence-electron chi connectivity index (χ3n) is 0.586. The van der Waals surface area contributed by atoms with Gasteiger partial charge in [0.2, 0.25) is 0 Å². The van der Waals surface area contributed by atoms with Gasteiger partial charge in [0.15, 0.2) is 0 Å². The molecule has 0 saturated carbocycles. The van der Waals surface area contributed by atoms with E-state index < -0.39 is 0 Å². The Morgan fingerprint density at radius 1 is 1.00 bits per heavy atom. The molecule has 0 heterocycles. The molecule has 0 aromatic rings. The molecule has 13 heavy (non-hydrogen) atoms. The second-order valence-corrected chi connectivity index (χ2v) is 1.00. The molecular formula is C9H14MnO3. The van der Waals surface area contributed by atoms with Crippen molar-refractivity contribution < 1.29 is 31.5 Å². The van der Waals surface area contributed by atoms with E-state index in [-0.39, 0.29) is 24.5 Å². The van der Waals surface area contributed by atoms with Crippen molar-refractivity contribution in [2.75, 3.05) is 0 Å². The topological polar surface area (TPSA) is 51.2 Å². The van der Waals surface area contributed by atoms with Gasteiger partial charge in [-0.2, -0.15) is 6.08 Å². The quantitative estimate of drug-likeness (QED) is 0.459. The Labute approximate surface area is 90.4 Å². The average Bonchev–Trinajstić information content (AvgIpc) is 2.71. The van der Waals surface area contributed by atoms with Crippen molar-refractivity contribution in [3.05, 3.63) is 31.7 Å². The molecule has 1 rings (SSSR count). The molecule has 0 amide bonds. The summed E-state index contributed by atoms with van der Waals surface area (Å²) < 4.78 is 0. The summed E-state index contributed by atoms with van der Waals surface area (Å²) in [6, 6.07) is 0. The van der Waals surface area contributed by atoms with Gasteiger partial charge in [-0.15, -0.1) is 6.42 Å². The van der Waals surface area contributed by atoms with Gasteiger partial charge < -0.3 is 21.8 Å². The second-order valence-electron chi connectivity index (χ2n) is 1.00. The van der Waals surface area contributed by atoms with Crippen molar-refractivity contribution in [1.29, 1.82) is 0 Å². The number of rotatable bonds is 0. The normalized spacial score (nSPS) is 7.69. The Bertz CT molecular complexity index is 98.7. The standard InChI is InChI=1S/C5H5.3CH2O.CH3.Mn/c1-2-4-5-3-1;3*1-2;;/h1-3H,4H2;3*1H2;1H3;/q-1;;;;-1;+2. The minimum absolute atomic E-state index is 0. The molecule has 3 nitrogen and oxygen atoms in total. The van der Waals surface area contributed by atoms with E-state index in [4.69, 9.17) is 14.4 Å². The minimum atomic E-state index is 0. The molecule has 1 aliphatic rings. The maximum Gasteiger partial charge on any atom is 2.00 e. The Hall–Kier alpha value is -0.991. The summed E-state index contributed by atoms with van der Waals surface area (Å²) in [5.74, 6) is 0. The summed E-state index contributed by atoms with van der Waals surface area (Å²) in [5, 5.41) is 0. The van der Waals surface area contributed by atoms with Gasteiger partial charge in [-0.05, 0) is 0 Å². The van der Waals surface area contributed by atoms with E-state index in [2.05, 4.69) is 12.2 Å². The van der Waals surface area contributed by atoms with Crippen LogP contribution in [-0.4, -0.2) is 20.4 Å². The van der Waals surface area contributed by atoms with Crippen LogP contribution in [0.3, 0.4) is 0 Å². The molecule has 0 aromatic heterocycles. The summed E-state index contributed by atoms with van der Waals surface area (Å²) in [6.07, 6.45) is 10.0. The van der Waals surface area contributed by atoms with Gasteiger partial charge in [0.1, 0.15) is 20.4 Å². The van der Waals surface area contributed by atoms with Crippen LogP contribution < -0.4 is 0 Å². The van der Waals surface area contributed by atoms with E-state index in [9.17, 15) is 0 Å². The summed E-state index contributed by atoms with van der Waals surface area (Å²) in [4.78, 5) is 24.0. The zero-order chi connectivity index (χ0) is 9.54. The maximum absolute atomic E-state index is 8.00. The zero-order valence-electron chi connectivity index (χ0n) is 7.66. The molecule has 0 aliphatic heterocycles. The number of allylic oxidation sites excluding steroid dienone is 4. The van der Waals surface area contributed by atoms with E-state index in [1.165, 1.54) is 0 Å². The fourth-order valence-corrected chi connectivity index (χ4v) is 0.340. The summed E-state index contributed by atoms with van der Waals surface area (Å²) in [5.41, 5.74) is 0. The summed E-state index contributed by atoms with van der Waals surface area (Å²) in [7, 11) is 0. The first-order valence-electron chi connectivity index (χ1n) is 2.58. The SMILES string of the molecule is C=O.C=O.C=O.[C-]1=CC=CC1.[CH3-].[Mn+2]. The first-order chi connectivity index (χ1) is 5.50. The molecule has 75 valence electrons. The smallest absolute Gasteiger partial charge is 0.358 e. The molecular weight excluding hydrogens is 211 g/mol. The number of hydrogen-bond donors (Lipinski definition) is 0. The first-order valence-corrected chi connectivity index (χ1v) is 2.58. The van der Waals surface area contributed by atoms with Crippen LogP contribution in [0, 0.1) is 13.5 Å². The first kappa shape index (κ1) is 29.6. The van der Waals surface area contributed by atoms with Gasteiger partial charge in [-0.1, -0.05) is 0 Å². The summed E-state index contributed by atoms with van der Waals surface area (Å²) >= 11 is 0. The van der Waals surface area contributed by atoms with Crippen LogP contribution in [0.2, 0.25) is 0 Å². The molecule has 0 saturated heterocycles. The molecule has 0 atom stereocenters.